The van der Waals surface area contributed by atoms with Gasteiger partial charge in [-0.25, -0.2) is 4.79 Å². The number of benzene rings is 2. The predicted octanol–water partition coefficient (Wildman–Crippen LogP) is 4.89. The summed E-state index contributed by atoms with van der Waals surface area (Å²) in [7, 11) is 0. The summed E-state index contributed by atoms with van der Waals surface area (Å²) in [5.74, 6) is -0.699. The van der Waals surface area contributed by atoms with Crippen LogP contribution >= 0.6 is 0 Å². The number of esters is 1. The van der Waals surface area contributed by atoms with Gasteiger partial charge in [-0.2, -0.15) is 0 Å². The summed E-state index contributed by atoms with van der Waals surface area (Å²) in [5, 5.41) is 0.346. The predicted molar refractivity (Wildman–Crippen MR) is 101 cm³/mol. The zero-order valence-corrected chi connectivity index (χ0v) is 14.8. The molecule has 2 aromatic carbocycles. The molecule has 0 spiro atoms. The largest absolute Gasteiger partial charge is 0.457 e. The van der Waals surface area contributed by atoms with Crippen molar-refractivity contribution in [3.63, 3.8) is 0 Å². The number of ether oxygens (including phenoxy) is 1. The van der Waals surface area contributed by atoms with Crippen molar-refractivity contribution in [2.75, 3.05) is 0 Å². The van der Waals surface area contributed by atoms with Crippen molar-refractivity contribution >= 4 is 16.9 Å². The maximum atomic E-state index is 13.0. The van der Waals surface area contributed by atoms with E-state index in [1.54, 1.807) is 18.2 Å². The van der Waals surface area contributed by atoms with E-state index in [0.717, 1.165) is 11.1 Å². The quantitative estimate of drug-likeness (QED) is 0.487. The van der Waals surface area contributed by atoms with Crippen molar-refractivity contribution < 1.29 is 18.4 Å². The summed E-state index contributed by atoms with van der Waals surface area (Å²) in [6, 6.07) is 15.7. The van der Waals surface area contributed by atoms with Crippen LogP contribution in [0.4, 0.5) is 0 Å². The first-order chi connectivity index (χ1) is 13.0. The molecule has 0 saturated heterocycles. The van der Waals surface area contributed by atoms with Gasteiger partial charge in [0.05, 0.1) is 11.6 Å². The van der Waals surface area contributed by atoms with Gasteiger partial charge in [-0.3, -0.25) is 4.79 Å². The van der Waals surface area contributed by atoms with Crippen LogP contribution in [0.3, 0.4) is 0 Å². The van der Waals surface area contributed by atoms with Gasteiger partial charge in [0.2, 0.25) is 16.9 Å². The SMILES string of the molecule is Cc1ccc(-c2oc3cc(C)ccc3c(=O)c2OC(=O)c2ccco2)cc1. The molecule has 0 unspecified atom stereocenters. The van der Waals surface area contributed by atoms with E-state index in [1.807, 2.05) is 44.2 Å². The number of carbonyl (C=O) groups is 1. The summed E-state index contributed by atoms with van der Waals surface area (Å²) in [6.07, 6.45) is 1.36. The van der Waals surface area contributed by atoms with Crippen LogP contribution in [0.5, 0.6) is 5.75 Å². The highest BCUT2D eigenvalue weighted by Crippen LogP contribution is 2.32. The third kappa shape index (κ3) is 3.15. The van der Waals surface area contributed by atoms with Gasteiger partial charge in [-0.05, 0) is 43.7 Å². The molecule has 5 heteroatoms. The average molecular weight is 360 g/mol. The van der Waals surface area contributed by atoms with Gasteiger partial charge < -0.3 is 13.6 Å². The first kappa shape index (κ1) is 16.8. The van der Waals surface area contributed by atoms with Gasteiger partial charge in [-0.15, -0.1) is 0 Å². The highest BCUT2D eigenvalue weighted by molar-refractivity contribution is 5.90. The molecule has 0 saturated carbocycles. The van der Waals surface area contributed by atoms with Crippen molar-refractivity contribution in [2.24, 2.45) is 0 Å². The number of fused-ring (bicyclic) bond motifs is 1. The Morgan fingerprint density at radius 2 is 1.70 bits per heavy atom. The van der Waals surface area contributed by atoms with Crippen molar-refractivity contribution in [1.82, 2.24) is 0 Å². The van der Waals surface area contributed by atoms with Crippen LogP contribution in [0.1, 0.15) is 21.7 Å². The van der Waals surface area contributed by atoms with Gasteiger partial charge in [0.15, 0.2) is 5.76 Å². The fourth-order valence-electron chi connectivity index (χ4n) is 2.81. The smallest absolute Gasteiger partial charge is 0.379 e. The minimum Gasteiger partial charge on any atom is -0.457 e. The van der Waals surface area contributed by atoms with Crippen LogP contribution in [-0.2, 0) is 0 Å². The van der Waals surface area contributed by atoms with Crippen molar-refractivity contribution in [1.29, 1.82) is 0 Å². The van der Waals surface area contributed by atoms with Gasteiger partial charge >= 0.3 is 5.97 Å². The van der Waals surface area contributed by atoms with Gasteiger partial charge in [-0.1, -0.05) is 35.9 Å². The lowest BCUT2D eigenvalue weighted by Gasteiger charge is -2.10. The molecule has 0 bridgehead atoms. The van der Waals surface area contributed by atoms with E-state index in [-0.39, 0.29) is 17.3 Å². The zero-order chi connectivity index (χ0) is 19.0. The van der Waals surface area contributed by atoms with Crippen molar-refractivity contribution in [2.45, 2.75) is 13.8 Å². The lowest BCUT2D eigenvalue weighted by Crippen LogP contribution is -2.16. The Bertz CT molecular complexity index is 1180. The first-order valence-corrected chi connectivity index (χ1v) is 8.43. The molecule has 27 heavy (non-hydrogen) atoms. The van der Waals surface area contributed by atoms with E-state index >= 15 is 0 Å². The molecule has 0 atom stereocenters. The Kier molecular flexibility index (Phi) is 4.12. The van der Waals surface area contributed by atoms with Crippen LogP contribution in [0.2, 0.25) is 0 Å². The number of rotatable bonds is 3. The molecule has 0 aliphatic carbocycles. The van der Waals surface area contributed by atoms with Gasteiger partial charge in [0, 0.05) is 5.56 Å². The van der Waals surface area contributed by atoms with E-state index in [9.17, 15) is 9.59 Å². The topological polar surface area (TPSA) is 69.7 Å². The molecular formula is C22H16O5. The number of aryl methyl sites for hydroxylation is 2. The molecule has 4 aromatic rings. The van der Waals surface area contributed by atoms with E-state index in [4.69, 9.17) is 13.6 Å². The molecule has 0 N–H and O–H groups in total. The Labute approximate surface area is 154 Å². The number of hydrogen-bond donors (Lipinski definition) is 0. The molecule has 134 valence electrons. The van der Waals surface area contributed by atoms with Crippen LogP contribution < -0.4 is 10.2 Å². The van der Waals surface area contributed by atoms with Crippen molar-refractivity contribution in [3.05, 3.63) is 88.0 Å². The number of furan rings is 1. The Hall–Kier alpha value is -3.60. The van der Waals surface area contributed by atoms with Crippen LogP contribution in [0, 0.1) is 13.8 Å². The molecule has 4 rings (SSSR count). The van der Waals surface area contributed by atoms with E-state index in [0.29, 0.717) is 16.5 Å². The van der Waals surface area contributed by atoms with Crippen LogP contribution in [0.15, 0.2) is 74.5 Å². The van der Waals surface area contributed by atoms with Crippen LogP contribution in [0.25, 0.3) is 22.3 Å². The summed E-state index contributed by atoms with van der Waals surface area (Å²) < 4.78 is 16.5. The Morgan fingerprint density at radius 1 is 0.963 bits per heavy atom. The molecule has 0 amide bonds. The monoisotopic (exact) mass is 360 g/mol. The normalized spacial score (nSPS) is 10.9. The first-order valence-electron chi connectivity index (χ1n) is 8.43. The minimum absolute atomic E-state index is 0.00765. The lowest BCUT2D eigenvalue weighted by atomic mass is 10.1. The average Bonchev–Trinajstić information content (AvgIpc) is 3.19. The molecule has 0 aliphatic heterocycles. The maximum Gasteiger partial charge on any atom is 0.379 e. The summed E-state index contributed by atoms with van der Waals surface area (Å²) >= 11 is 0. The maximum absolute atomic E-state index is 13.0. The zero-order valence-electron chi connectivity index (χ0n) is 14.8. The van der Waals surface area contributed by atoms with E-state index in [1.165, 1.54) is 12.3 Å². The highest BCUT2D eigenvalue weighted by atomic mass is 16.6. The Balaban J connectivity index is 1.93. The molecule has 5 nitrogen and oxygen atoms in total. The number of carbonyl (C=O) groups excluding carboxylic acids is 1. The van der Waals surface area contributed by atoms with Gasteiger partial charge in [0.25, 0.3) is 0 Å². The lowest BCUT2D eigenvalue weighted by molar-refractivity contribution is 0.0698. The molecule has 2 aromatic heterocycles. The fourth-order valence-corrected chi connectivity index (χ4v) is 2.81. The second kappa shape index (κ2) is 6.61. The van der Waals surface area contributed by atoms with Gasteiger partial charge in [0.1, 0.15) is 5.58 Å². The summed E-state index contributed by atoms with van der Waals surface area (Å²) in [6.45, 7) is 3.87. The van der Waals surface area contributed by atoms with E-state index < -0.39 is 11.4 Å². The third-order valence-corrected chi connectivity index (χ3v) is 4.24. The molecule has 2 heterocycles. The van der Waals surface area contributed by atoms with E-state index in [2.05, 4.69) is 0 Å². The highest BCUT2D eigenvalue weighted by Gasteiger charge is 2.22. The summed E-state index contributed by atoms with van der Waals surface area (Å²) in [5.41, 5.74) is 2.69. The third-order valence-electron chi connectivity index (χ3n) is 4.24. The second-order valence-corrected chi connectivity index (χ2v) is 6.32. The summed E-state index contributed by atoms with van der Waals surface area (Å²) in [4.78, 5) is 25.4. The fraction of sp³-hybridized carbons (Fsp3) is 0.0909. The minimum atomic E-state index is -0.757. The molecule has 0 fully saturated rings. The van der Waals surface area contributed by atoms with Crippen LogP contribution in [-0.4, -0.2) is 5.97 Å². The molecule has 0 radical (unpaired) electrons. The standard InChI is InChI=1S/C22H16O5/c1-13-5-8-15(9-6-13)20-21(27-22(24)17-4-3-11-25-17)19(23)16-10-7-14(2)12-18(16)26-20/h3-12H,1-2H3. The second-order valence-electron chi connectivity index (χ2n) is 6.32. The molecular weight excluding hydrogens is 344 g/mol. The number of hydrogen-bond acceptors (Lipinski definition) is 5. The molecule has 0 aliphatic rings. The van der Waals surface area contributed by atoms with Crippen molar-refractivity contribution in [3.8, 4) is 17.1 Å². The Morgan fingerprint density at radius 3 is 2.41 bits per heavy atom.